The maximum absolute atomic E-state index is 13.2. The number of amides is 3. The third-order valence-electron chi connectivity index (χ3n) is 8.88. The third-order valence-corrected chi connectivity index (χ3v) is 8.88. The number of likely N-dealkylation sites (tertiary alicyclic amines) is 1. The van der Waals surface area contributed by atoms with Crippen molar-refractivity contribution in [2.75, 3.05) is 18.4 Å². The van der Waals surface area contributed by atoms with Crippen LogP contribution in [-0.2, 0) is 17.9 Å². The first-order chi connectivity index (χ1) is 21.9. The van der Waals surface area contributed by atoms with Crippen LogP contribution in [0.5, 0.6) is 0 Å². The van der Waals surface area contributed by atoms with Gasteiger partial charge in [0, 0.05) is 54.1 Å². The first kappa shape index (κ1) is 28.3. The number of hydrogen-bond acceptors (Lipinski definition) is 5. The van der Waals surface area contributed by atoms with Gasteiger partial charge in [-0.3, -0.25) is 9.59 Å². The van der Waals surface area contributed by atoms with Gasteiger partial charge in [0.15, 0.2) is 0 Å². The highest BCUT2D eigenvalue weighted by Gasteiger charge is 2.29. The normalized spacial score (nSPS) is 16.1. The number of carbonyl (C=O) groups is 3. The fourth-order valence-electron chi connectivity index (χ4n) is 6.35. The van der Waals surface area contributed by atoms with Crippen molar-refractivity contribution < 1.29 is 19.5 Å². The van der Waals surface area contributed by atoms with E-state index in [1.807, 2.05) is 55.5 Å². The van der Waals surface area contributed by atoms with E-state index in [1.165, 1.54) is 17.5 Å². The van der Waals surface area contributed by atoms with Gasteiger partial charge in [0.05, 0.1) is 11.6 Å². The number of H-pyrrole nitrogens is 1. The number of aromatic amines is 1. The third kappa shape index (κ3) is 5.39. The minimum absolute atomic E-state index is 0.146. The topological polar surface area (TPSA) is 132 Å². The number of urea groups is 1. The molecule has 0 bridgehead atoms. The number of benzene rings is 3. The number of anilines is 1. The molecular weight excluding hydrogens is 568 g/mol. The van der Waals surface area contributed by atoms with Crippen LogP contribution in [0.1, 0.15) is 39.9 Å². The van der Waals surface area contributed by atoms with Gasteiger partial charge in [-0.15, -0.1) is 0 Å². The molecule has 10 heteroatoms. The lowest BCUT2D eigenvalue weighted by Gasteiger charge is -2.30. The first-order valence-electron chi connectivity index (χ1n) is 15.0. The van der Waals surface area contributed by atoms with E-state index in [9.17, 15) is 19.5 Å². The Hall–Kier alpha value is -5.51. The summed E-state index contributed by atoms with van der Waals surface area (Å²) in [6, 6.07) is 23.0. The Morgan fingerprint density at radius 1 is 0.933 bits per heavy atom. The molecule has 226 valence electrons. The van der Waals surface area contributed by atoms with E-state index in [4.69, 9.17) is 0 Å². The Kier molecular flexibility index (Phi) is 7.25. The Bertz CT molecular complexity index is 1920. The van der Waals surface area contributed by atoms with Crippen molar-refractivity contribution in [2.24, 2.45) is 5.92 Å². The summed E-state index contributed by atoms with van der Waals surface area (Å²) in [7, 11) is 0. The van der Waals surface area contributed by atoms with Gasteiger partial charge in [-0.05, 0) is 66.3 Å². The molecule has 1 saturated heterocycles. The highest BCUT2D eigenvalue weighted by atomic mass is 16.4. The van der Waals surface area contributed by atoms with Crippen LogP contribution in [0.25, 0.3) is 33.5 Å². The monoisotopic (exact) mass is 600 g/mol. The molecule has 0 radical (unpaired) electrons. The van der Waals surface area contributed by atoms with Crippen LogP contribution in [0, 0.1) is 12.8 Å². The minimum atomic E-state index is -0.857. The zero-order valence-electron chi connectivity index (χ0n) is 24.8. The van der Waals surface area contributed by atoms with E-state index < -0.39 is 11.9 Å². The second-order valence-electron chi connectivity index (χ2n) is 11.7. The number of hydrogen-bond donors (Lipinski definition) is 3. The van der Waals surface area contributed by atoms with Gasteiger partial charge in [0.2, 0.25) is 0 Å². The number of aliphatic carboxylic acids is 1. The SMILES string of the molecule is Cc1c(NC(=O)N2Cc3ccccc3C2)cccc1-c1ncnc2[nH]c(-c3ccc(C(=O)N4CCCC(C(=O)O)C4)cc3)cc12. The molecule has 2 aliphatic rings. The zero-order valence-corrected chi connectivity index (χ0v) is 24.8. The lowest BCUT2D eigenvalue weighted by Crippen LogP contribution is -2.42. The molecule has 10 nitrogen and oxygen atoms in total. The molecule has 5 aromatic rings. The number of aromatic nitrogens is 3. The molecule has 7 rings (SSSR count). The van der Waals surface area contributed by atoms with Crippen molar-refractivity contribution >= 4 is 34.6 Å². The smallest absolute Gasteiger partial charge is 0.322 e. The van der Waals surface area contributed by atoms with Gasteiger partial charge in [0.1, 0.15) is 12.0 Å². The summed E-state index contributed by atoms with van der Waals surface area (Å²) >= 11 is 0. The van der Waals surface area contributed by atoms with Gasteiger partial charge in [0.25, 0.3) is 5.91 Å². The van der Waals surface area contributed by atoms with E-state index in [-0.39, 0.29) is 18.5 Å². The van der Waals surface area contributed by atoms with Crippen molar-refractivity contribution in [1.82, 2.24) is 24.8 Å². The number of carbonyl (C=O) groups excluding carboxylic acids is 2. The van der Waals surface area contributed by atoms with E-state index in [1.54, 1.807) is 21.9 Å². The molecule has 45 heavy (non-hydrogen) atoms. The maximum Gasteiger partial charge on any atom is 0.322 e. The Morgan fingerprint density at radius 3 is 2.42 bits per heavy atom. The van der Waals surface area contributed by atoms with Crippen molar-refractivity contribution in [3.05, 3.63) is 101 Å². The van der Waals surface area contributed by atoms with Crippen LogP contribution < -0.4 is 5.32 Å². The highest BCUT2D eigenvalue weighted by Crippen LogP contribution is 2.34. The Morgan fingerprint density at radius 2 is 1.69 bits per heavy atom. The van der Waals surface area contributed by atoms with Gasteiger partial charge < -0.3 is 25.2 Å². The van der Waals surface area contributed by atoms with Crippen LogP contribution in [-0.4, -0.2) is 60.9 Å². The molecule has 2 aliphatic heterocycles. The lowest BCUT2D eigenvalue weighted by molar-refractivity contribution is -0.143. The Balaban J connectivity index is 1.11. The second kappa shape index (κ2) is 11.5. The predicted molar refractivity (Wildman–Crippen MR) is 170 cm³/mol. The molecule has 0 aliphatic carbocycles. The van der Waals surface area contributed by atoms with Crippen molar-refractivity contribution in [2.45, 2.75) is 32.9 Å². The fourth-order valence-corrected chi connectivity index (χ4v) is 6.35. The molecule has 3 amide bonds. The van der Waals surface area contributed by atoms with Crippen LogP contribution in [0.3, 0.4) is 0 Å². The van der Waals surface area contributed by atoms with E-state index in [0.717, 1.165) is 39.2 Å². The fraction of sp³-hybridized carbons (Fsp3) is 0.229. The standard InChI is InChI=1S/C35H32N6O4/c1-21-27(9-4-10-29(21)39-35(45)41-17-24-6-2-3-7-25(24)18-41)31-28-16-30(38-32(28)37-20-36-31)22-11-13-23(14-12-22)33(42)40-15-5-8-26(19-40)34(43)44/h2-4,6-7,9-14,16,20,26H,5,8,15,17-19H2,1H3,(H,39,45)(H,43,44)(H,36,37,38). The average Bonchev–Trinajstić information content (AvgIpc) is 3.71. The molecule has 1 unspecified atom stereocenters. The van der Waals surface area contributed by atoms with Crippen LogP contribution in [0.2, 0.25) is 0 Å². The number of carboxylic acid groups (broad SMARTS) is 1. The largest absolute Gasteiger partial charge is 0.481 e. The number of nitrogens with zero attached hydrogens (tertiary/aromatic N) is 4. The van der Waals surface area contributed by atoms with Crippen molar-refractivity contribution in [1.29, 1.82) is 0 Å². The number of nitrogens with one attached hydrogen (secondary N) is 2. The van der Waals surface area contributed by atoms with Gasteiger partial charge in [-0.2, -0.15) is 0 Å². The summed E-state index contributed by atoms with van der Waals surface area (Å²) in [5, 5.41) is 13.3. The molecule has 4 heterocycles. The molecule has 1 atom stereocenters. The molecule has 1 fully saturated rings. The van der Waals surface area contributed by atoms with Gasteiger partial charge in [-0.1, -0.05) is 48.5 Å². The summed E-state index contributed by atoms with van der Waals surface area (Å²) in [6.07, 6.45) is 2.80. The molecule has 0 saturated carbocycles. The summed E-state index contributed by atoms with van der Waals surface area (Å²) in [5.74, 6) is -1.54. The van der Waals surface area contributed by atoms with E-state index >= 15 is 0 Å². The maximum atomic E-state index is 13.2. The summed E-state index contributed by atoms with van der Waals surface area (Å²) in [4.78, 5) is 53.6. The van der Waals surface area contributed by atoms with E-state index in [2.05, 4.69) is 32.4 Å². The summed E-state index contributed by atoms with van der Waals surface area (Å²) in [5.41, 5.74) is 8.49. The van der Waals surface area contributed by atoms with Crippen LogP contribution in [0.15, 0.2) is 79.1 Å². The average molecular weight is 601 g/mol. The number of carboxylic acids is 1. The predicted octanol–water partition coefficient (Wildman–Crippen LogP) is 6.08. The van der Waals surface area contributed by atoms with Crippen molar-refractivity contribution in [3.63, 3.8) is 0 Å². The zero-order chi connectivity index (χ0) is 31.1. The van der Waals surface area contributed by atoms with Crippen LogP contribution >= 0.6 is 0 Å². The molecular formula is C35H32N6O4. The van der Waals surface area contributed by atoms with Gasteiger partial charge >= 0.3 is 12.0 Å². The number of rotatable bonds is 5. The molecule has 2 aromatic heterocycles. The summed E-state index contributed by atoms with van der Waals surface area (Å²) < 4.78 is 0. The number of piperidine rings is 1. The molecule has 0 spiro atoms. The molecule has 3 N–H and O–H groups in total. The number of fused-ring (bicyclic) bond motifs is 2. The quantitative estimate of drug-likeness (QED) is 0.224. The van der Waals surface area contributed by atoms with Crippen molar-refractivity contribution in [3.8, 4) is 22.5 Å². The summed E-state index contributed by atoms with van der Waals surface area (Å²) in [6.45, 7) is 3.93. The Labute approximate surface area is 259 Å². The van der Waals surface area contributed by atoms with E-state index in [0.29, 0.717) is 43.7 Å². The second-order valence-corrected chi connectivity index (χ2v) is 11.7. The minimum Gasteiger partial charge on any atom is -0.481 e. The first-order valence-corrected chi connectivity index (χ1v) is 15.0. The lowest BCUT2D eigenvalue weighted by atomic mass is 9.97. The van der Waals surface area contributed by atoms with Crippen LogP contribution in [0.4, 0.5) is 10.5 Å². The highest BCUT2D eigenvalue weighted by molar-refractivity contribution is 5.98. The molecule has 3 aromatic carbocycles. The van der Waals surface area contributed by atoms with Gasteiger partial charge in [-0.25, -0.2) is 14.8 Å².